The Morgan fingerprint density at radius 3 is 2.89 bits per heavy atom. The summed E-state index contributed by atoms with van der Waals surface area (Å²) in [4.78, 5) is 26.6. The molecule has 1 aliphatic carbocycles. The van der Waals surface area contributed by atoms with Gasteiger partial charge in [-0.05, 0) is 36.0 Å². The maximum atomic E-state index is 12.4. The van der Waals surface area contributed by atoms with Crippen LogP contribution >= 0.6 is 0 Å². The third-order valence-corrected chi connectivity index (χ3v) is 5.81. The van der Waals surface area contributed by atoms with Gasteiger partial charge >= 0.3 is 0 Å². The van der Waals surface area contributed by atoms with E-state index in [0.717, 1.165) is 24.2 Å². The molecule has 0 saturated carbocycles. The van der Waals surface area contributed by atoms with Gasteiger partial charge in [-0.3, -0.25) is 14.3 Å². The quantitative estimate of drug-likeness (QED) is 0.867. The van der Waals surface area contributed by atoms with Crippen LogP contribution in [0.4, 0.5) is 0 Å². The lowest BCUT2D eigenvalue weighted by Gasteiger charge is -2.29. The van der Waals surface area contributed by atoms with Gasteiger partial charge in [-0.25, -0.2) is 0 Å². The van der Waals surface area contributed by atoms with Crippen molar-refractivity contribution in [2.24, 2.45) is 5.92 Å². The van der Waals surface area contributed by atoms with Crippen molar-refractivity contribution in [2.75, 3.05) is 6.54 Å². The number of aromatic nitrogens is 2. The molecule has 6 heteroatoms. The van der Waals surface area contributed by atoms with Crippen molar-refractivity contribution in [2.45, 2.75) is 58.7 Å². The first-order valence-corrected chi connectivity index (χ1v) is 10.2. The van der Waals surface area contributed by atoms with Crippen LogP contribution in [0.1, 0.15) is 55.1 Å². The second kappa shape index (κ2) is 7.78. The number of rotatable bonds is 5. The van der Waals surface area contributed by atoms with Gasteiger partial charge in [-0.15, -0.1) is 0 Å². The van der Waals surface area contributed by atoms with Crippen molar-refractivity contribution in [3.63, 3.8) is 0 Å². The molecule has 28 heavy (non-hydrogen) atoms. The highest BCUT2D eigenvalue weighted by Crippen LogP contribution is 2.35. The van der Waals surface area contributed by atoms with Gasteiger partial charge in [0.05, 0.1) is 31.0 Å². The fourth-order valence-electron chi connectivity index (χ4n) is 4.31. The lowest BCUT2D eigenvalue weighted by molar-refractivity contribution is -0.136. The third-order valence-electron chi connectivity index (χ3n) is 5.81. The predicted octanol–water partition coefficient (Wildman–Crippen LogP) is 2.62. The number of aryl methyl sites for hydroxylation is 1. The summed E-state index contributed by atoms with van der Waals surface area (Å²) in [5.74, 6) is 0.583. The minimum Gasteiger partial charge on any atom is -0.350 e. The summed E-state index contributed by atoms with van der Waals surface area (Å²) in [5, 5.41) is 7.62. The average molecular weight is 380 g/mol. The van der Waals surface area contributed by atoms with E-state index in [0.29, 0.717) is 38.5 Å². The number of benzene rings is 1. The zero-order valence-electron chi connectivity index (χ0n) is 16.6. The molecule has 2 aliphatic rings. The molecule has 1 aromatic carbocycles. The molecule has 1 atom stereocenters. The van der Waals surface area contributed by atoms with Crippen LogP contribution in [0.15, 0.2) is 30.3 Å². The Balaban J connectivity index is 1.32. The average Bonchev–Trinajstić information content (AvgIpc) is 3.29. The van der Waals surface area contributed by atoms with Gasteiger partial charge in [-0.2, -0.15) is 5.10 Å². The van der Waals surface area contributed by atoms with E-state index in [1.165, 1.54) is 11.1 Å². The second-order valence-corrected chi connectivity index (χ2v) is 8.18. The zero-order chi connectivity index (χ0) is 19.7. The molecule has 0 bridgehead atoms. The van der Waals surface area contributed by atoms with Gasteiger partial charge in [0.2, 0.25) is 11.8 Å². The Hall–Kier alpha value is -2.63. The van der Waals surface area contributed by atoms with E-state index in [9.17, 15) is 9.59 Å². The van der Waals surface area contributed by atoms with Crippen LogP contribution in [-0.2, 0) is 35.6 Å². The SMILES string of the molecule is CC(C)C(=O)N1CCn2nc(CNC(=O)CC3CCc4ccccc43)cc2C1. The van der Waals surface area contributed by atoms with Gasteiger partial charge in [0.25, 0.3) is 0 Å². The van der Waals surface area contributed by atoms with Crippen molar-refractivity contribution in [3.05, 3.63) is 52.8 Å². The number of carbonyl (C=O) groups is 2. The van der Waals surface area contributed by atoms with E-state index in [4.69, 9.17) is 0 Å². The number of nitrogens with zero attached hydrogens (tertiary/aromatic N) is 3. The highest BCUT2D eigenvalue weighted by Gasteiger charge is 2.25. The molecule has 1 unspecified atom stereocenters. The normalized spacial score (nSPS) is 18.1. The van der Waals surface area contributed by atoms with E-state index >= 15 is 0 Å². The first kappa shape index (κ1) is 18.7. The lowest BCUT2D eigenvalue weighted by Crippen LogP contribution is -2.40. The topological polar surface area (TPSA) is 67.2 Å². The lowest BCUT2D eigenvalue weighted by atomic mass is 9.97. The van der Waals surface area contributed by atoms with Crippen molar-refractivity contribution < 1.29 is 9.59 Å². The fraction of sp³-hybridized carbons (Fsp3) is 0.500. The summed E-state index contributed by atoms with van der Waals surface area (Å²) in [6.07, 6.45) is 2.64. The van der Waals surface area contributed by atoms with Crippen LogP contribution < -0.4 is 5.32 Å². The molecule has 1 N–H and O–H groups in total. The van der Waals surface area contributed by atoms with Crippen molar-refractivity contribution >= 4 is 11.8 Å². The molecule has 148 valence electrons. The predicted molar refractivity (Wildman–Crippen MR) is 106 cm³/mol. The Morgan fingerprint density at radius 1 is 1.25 bits per heavy atom. The second-order valence-electron chi connectivity index (χ2n) is 8.18. The summed E-state index contributed by atoms with van der Waals surface area (Å²) in [5.41, 5.74) is 4.59. The Morgan fingerprint density at radius 2 is 2.07 bits per heavy atom. The van der Waals surface area contributed by atoms with Gasteiger partial charge in [0.1, 0.15) is 0 Å². The smallest absolute Gasteiger partial charge is 0.225 e. The van der Waals surface area contributed by atoms with Gasteiger partial charge in [0, 0.05) is 18.9 Å². The molecule has 2 aromatic rings. The number of hydrogen-bond donors (Lipinski definition) is 1. The minimum atomic E-state index is 0.00829. The third kappa shape index (κ3) is 3.81. The Bertz CT molecular complexity index is 886. The molecule has 1 aliphatic heterocycles. The molecule has 0 fully saturated rings. The molecule has 0 saturated heterocycles. The molecule has 1 aromatic heterocycles. The summed E-state index contributed by atoms with van der Waals surface area (Å²) < 4.78 is 1.96. The number of amides is 2. The fourth-order valence-corrected chi connectivity index (χ4v) is 4.31. The maximum Gasteiger partial charge on any atom is 0.225 e. The molecular formula is C22H28N4O2. The molecule has 4 rings (SSSR count). The summed E-state index contributed by atoms with van der Waals surface area (Å²) in [6.45, 7) is 6.29. The molecule has 6 nitrogen and oxygen atoms in total. The first-order valence-electron chi connectivity index (χ1n) is 10.2. The summed E-state index contributed by atoms with van der Waals surface area (Å²) in [6, 6.07) is 10.4. The van der Waals surface area contributed by atoms with Crippen molar-refractivity contribution in [3.8, 4) is 0 Å². The molecule has 0 radical (unpaired) electrons. The zero-order valence-corrected chi connectivity index (χ0v) is 16.6. The number of fused-ring (bicyclic) bond motifs is 2. The van der Waals surface area contributed by atoms with Crippen LogP contribution in [0.3, 0.4) is 0 Å². The highest BCUT2D eigenvalue weighted by atomic mass is 16.2. The number of hydrogen-bond acceptors (Lipinski definition) is 3. The van der Waals surface area contributed by atoms with Crippen LogP contribution in [0.2, 0.25) is 0 Å². The van der Waals surface area contributed by atoms with E-state index in [2.05, 4.69) is 34.7 Å². The first-order chi connectivity index (χ1) is 13.5. The van der Waals surface area contributed by atoms with Crippen LogP contribution in [0.5, 0.6) is 0 Å². The van der Waals surface area contributed by atoms with Crippen molar-refractivity contribution in [1.29, 1.82) is 0 Å². The number of carbonyl (C=O) groups excluding carboxylic acids is 2. The molecule has 2 heterocycles. The largest absolute Gasteiger partial charge is 0.350 e. The van der Waals surface area contributed by atoms with E-state index in [1.54, 1.807) is 0 Å². The molecule has 0 spiro atoms. The Kier molecular flexibility index (Phi) is 5.20. The maximum absolute atomic E-state index is 12.4. The molecule has 2 amide bonds. The summed E-state index contributed by atoms with van der Waals surface area (Å²) >= 11 is 0. The number of nitrogens with one attached hydrogen (secondary N) is 1. The van der Waals surface area contributed by atoms with E-state index in [1.807, 2.05) is 29.5 Å². The standard InChI is InChI=1S/C22H28N4O2/c1-15(2)22(28)25-9-10-26-19(14-25)12-18(24-26)13-23-21(27)11-17-8-7-16-5-3-4-6-20(16)17/h3-6,12,15,17H,7-11,13-14H2,1-2H3,(H,23,27). The van der Waals surface area contributed by atoms with Crippen molar-refractivity contribution in [1.82, 2.24) is 20.0 Å². The van der Waals surface area contributed by atoms with Gasteiger partial charge in [0.15, 0.2) is 0 Å². The van der Waals surface area contributed by atoms with Crippen LogP contribution in [0, 0.1) is 5.92 Å². The minimum absolute atomic E-state index is 0.00829. The van der Waals surface area contributed by atoms with Gasteiger partial charge < -0.3 is 10.2 Å². The monoisotopic (exact) mass is 380 g/mol. The van der Waals surface area contributed by atoms with E-state index < -0.39 is 0 Å². The highest BCUT2D eigenvalue weighted by molar-refractivity contribution is 5.78. The summed E-state index contributed by atoms with van der Waals surface area (Å²) in [7, 11) is 0. The Labute approximate surface area is 165 Å². The van der Waals surface area contributed by atoms with E-state index in [-0.39, 0.29) is 17.7 Å². The molecular weight excluding hydrogens is 352 g/mol. The van der Waals surface area contributed by atoms with Crippen LogP contribution in [-0.4, -0.2) is 33.0 Å². The van der Waals surface area contributed by atoms with Gasteiger partial charge in [-0.1, -0.05) is 38.1 Å². The van der Waals surface area contributed by atoms with Crippen LogP contribution in [0.25, 0.3) is 0 Å².